The summed E-state index contributed by atoms with van der Waals surface area (Å²) >= 11 is 0. The van der Waals surface area contributed by atoms with Crippen molar-refractivity contribution in [1.29, 1.82) is 0 Å². The fourth-order valence-corrected chi connectivity index (χ4v) is 2.35. The van der Waals surface area contributed by atoms with Gasteiger partial charge in [-0.05, 0) is 17.7 Å². The van der Waals surface area contributed by atoms with Crippen LogP contribution in [-0.4, -0.2) is 32.3 Å². The van der Waals surface area contributed by atoms with Crippen LogP contribution in [0, 0.1) is 5.82 Å². The van der Waals surface area contributed by atoms with Crippen molar-refractivity contribution in [1.82, 2.24) is 4.31 Å². The molecule has 0 aliphatic heterocycles. The van der Waals surface area contributed by atoms with E-state index in [1.54, 1.807) is 0 Å². The summed E-state index contributed by atoms with van der Waals surface area (Å²) in [5, 5.41) is 10.3. The summed E-state index contributed by atoms with van der Waals surface area (Å²) in [4.78, 5) is 10.3. The molecule has 94 valence electrons. The van der Waals surface area contributed by atoms with Gasteiger partial charge in [0.15, 0.2) is 0 Å². The molecule has 0 N–H and O–H groups in total. The molecule has 0 spiro atoms. The summed E-state index contributed by atoms with van der Waals surface area (Å²) in [6.45, 7) is -0.725. The Morgan fingerprint density at radius 3 is 2.65 bits per heavy atom. The number of sulfonamides is 1. The Bertz CT molecular complexity index is 515. The molecule has 0 aliphatic rings. The maximum atomic E-state index is 12.8. The van der Waals surface area contributed by atoms with Crippen molar-refractivity contribution in [3.8, 4) is 0 Å². The molecule has 0 amide bonds. The Hall–Kier alpha value is -1.47. The molecular formula is C10H11FNO4S-. The normalized spacial score (nSPS) is 11.7. The highest BCUT2D eigenvalue weighted by molar-refractivity contribution is 7.88. The molecule has 0 atom stereocenters. The van der Waals surface area contributed by atoms with E-state index in [1.165, 1.54) is 18.2 Å². The molecule has 1 aromatic rings. The summed E-state index contributed by atoms with van der Waals surface area (Å²) < 4.78 is 36.8. The molecule has 17 heavy (non-hydrogen) atoms. The van der Waals surface area contributed by atoms with Crippen LogP contribution in [0.2, 0.25) is 0 Å². The van der Waals surface area contributed by atoms with Crippen molar-refractivity contribution in [2.24, 2.45) is 0 Å². The van der Waals surface area contributed by atoms with Crippen LogP contribution in [0.15, 0.2) is 24.3 Å². The quantitative estimate of drug-likeness (QED) is 0.704. The molecule has 0 aliphatic carbocycles. The van der Waals surface area contributed by atoms with Gasteiger partial charge in [0.05, 0.1) is 18.3 Å². The van der Waals surface area contributed by atoms with Gasteiger partial charge in [-0.25, -0.2) is 12.8 Å². The number of halogens is 1. The van der Waals surface area contributed by atoms with E-state index in [0.29, 0.717) is 4.31 Å². The number of likely N-dealkylation sites (N-methyl/N-ethyl adjacent to an activating group) is 1. The second-order valence-corrected chi connectivity index (χ2v) is 5.59. The molecule has 0 heterocycles. The Balaban J connectivity index is 2.83. The number of carbonyl (C=O) groups is 1. The molecular weight excluding hydrogens is 249 g/mol. The minimum absolute atomic E-state index is 0.259. The first-order chi connectivity index (χ1) is 7.81. The average Bonchev–Trinajstić information content (AvgIpc) is 2.15. The second kappa shape index (κ2) is 5.24. The number of carboxylic acid groups (broad SMARTS) is 1. The van der Waals surface area contributed by atoms with Gasteiger partial charge >= 0.3 is 0 Å². The zero-order chi connectivity index (χ0) is 13.1. The molecule has 1 rings (SSSR count). The highest BCUT2D eigenvalue weighted by atomic mass is 32.2. The first-order valence-electron chi connectivity index (χ1n) is 4.69. The van der Waals surface area contributed by atoms with Crippen LogP contribution in [0.1, 0.15) is 5.56 Å². The van der Waals surface area contributed by atoms with Crippen LogP contribution in [0.4, 0.5) is 4.39 Å². The zero-order valence-corrected chi connectivity index (χ0v) is 9.91. The number of nitrogens with zero attached hydrogens (tertiary/aromatic N) is 1. The molecule has 0 fully saturated rings. The minimum atomic E-state index is -3.78. The first-order valence-corrected chi connectivity index (χ1v) is 6.30. The van der Waals surface area contributed by atoms with Crippen molar-refractivity contribution in [3.63, 3.8) is 0 Å². The van der Waals surface area contributed by atoms with Crippen LogP contribution in [0.5, 0.6) is 0 Å². The van der Waals surface area contributed by atoms with Crippen molar-refractivity contribution in [2.45, 2.75) is 5.75 Å². The topological polar surface area (TPSA) is 77.5 Å². The fourth-order valence-electron chi connectivity index (χ4n) is 1.23. The van der Waals surface area contributed by atoms with Crippen LogP contribution in [-0.2, 0) is 20.6 Å². The Kier molecular flexibility index (Phi) is 4.19. The van der Waals surface area contributed by atoms with E-state index in [2.05, 4.69) is 0 Å². The van der Waals surface area contributed by atoms with Crippen LogP contribution in [0.25, 0.3) is 0 Å². The van der Waals surface area contributed by atoms with Gasteiger partial charge in [0.1, 0.15) is 5.82 Å². The van der Waals surface area contributed by atoms with Gasteiger partial charge in [-0.15, -0.1) is 0 Å². The van der Waals surface area contributed by atoms with Gasteiger partial charge in [-0.1, -0.05) is 12.1 Å². The molecule has 0 bridgehead atoms. The molecule has 5 nitrogen and oxygen atoms in total. The zero-order valence-electron chi connectivity index (χ0n) is 9.09. The van der Waals surface area contributed by atoms with E-state index in [-0.39, 0.29) is 5.56 Å². The highest BCUT2D eigenvalue weighted by Crippen LogP contribution is 2.10. The number of carbonyl (C=O) groups excluding carboxylic acids is 1. The number of benzene rings is 1. The van der Waals surface area contributed by atoms with E-state index < -0.39 is 34.1 Å². The molecule has 0 aromatic heterocycles. The van der Waals surface area contributed by atoms with E-state index in [1.807, 2.05) is 0 Å². The lowest BCUT2D eigenvalue weighted by molar-refractivity contribution is -0.305. The summed E-state index contributed by atoms with van der Waals surface area (Å²) in [7, 11) is -2.65. The van der Waals surface area contributed by atoms with Crippen molar-refractivity contribution in [2.75, 3.05) is 13.6 Å². The molecule has 7 heteroatoms. The maximum absolute atomic E-state index is 12.8. The smallest absolute Gasteiger partial charge is 0.218 e. The van der Waals surface area contributed by atoms with E-state index in [9.17, 15) is 22.7 Å². The third-order valence-corrected chi connectivity index (χ3v) is 3.84. The number of hydrogen-bond donors (Lipinski definition) is 0. The number of carboxylic acids is 1. The van der Waals surface area contributed by atoms with Gasteiger partial charge in [0.25, 0.3) is 0 Å². The van der Waals surface area contributed by atoms with Gasteiger partial charge in [0, 0.05) is 7.05 Å². The van der Waals surface area contributed by atoms with Crippen molar-refractivity contribution >= 4 is 16.0 Å². The van der Waals surface area contributed by atoms with Gasteiger partial charge in [0.2, 0.25) is 10.0 Å². The number of aliphatic carboxylic acids is 1. The molecule has 1 aromatic carbocycles. The lowest BCUT2D eigenvalue weighted by Gasteiger charge is -2.17. The first kappa shape index (κ1) is 13.6. The Morgan fingerprint density at radius 1 is 1.47 bits per heavy atom. The third-order valence-electron chi connectivity index (χ3n) is 2.06. The van der Waals surface area contributed by atoms with Crippen LogP contribution < -0.4 is 5.11 Å². The predicted octanol–water partition coefficient (Wildman–Crippen LogP) is -0.663. The van der Waals surface area contributed by atoms with Crippen LogP contribution >= 0.6 is 0 Å². The summed E-state index contributed by atoms with van der Waals surface area (Å²) in [6, 6.07) is 5.12. The highest BCUT2D eigenvalue weighted by Gasteiger charge is 2.18. The average molecular weight is 260 g/mol. The Labute approximate surface area is 98.5 Å². The van der Waals surface area contributed by atoms with E-state index in [4.69, 9.17) is 0 Å². The number of hydrogen-bond acceptors (Lipinski definition) is 4. The molecule has 0 unspecified atom stereocenters. The Morgan fingerprint density at radius 2 is 2.12 bits per heavy atom. The lowest BCUT2D eigenvalue weighted by Crippen LogP contribution is -2.39. The van der Waals surface area contributed by atoms with Crippen molar-refractivity contribution in [3.05, 3.63) is 35.6 Å². The predicted molar refractivity (Wildman–Crippen MR) is 56.7 cm³/mol. The summed E-state index contributed by atoms with van der Waals surface area (Å²) in [5.41, 5.74) is 0.259. The third kappa shape index (κ3) is 4.12. The summed E-state index contributed by atoms with van der Waals surface area (Å²) in [6.07, 6.45) is 0. The largest absolute Gasteiger partial charge is 0.549 e. The maximum Gasteiger partial charge on any atom is 0.218 e. The van der Waals surface area contributed by atoms with Crippen molar-refractivity contribution < 1.29 is 22.7 Å². The van der Waals surface area contributed by atoms with Gasteiger partial charge in [-0.2, -0.15) is 4.31 Å². The monoisotopic (exact) mass is 260 g/mol. The molecule has 0 saturated carbocycles. The minimum Gasteiger partial charge on any atom is -0.549 e. The molecule has 0 saturated heterocycles. The van der Waals surface area contributed by atoms with E-state index in [0.717, 1.165) is 13.1 Å². The fraction of sp³-hybridized carbons (Fsp3) is 0.300. The van der Waals surface area contributed by atoms with Gasteiger partial charge in [-0.3, -0.25) is 0 Å². The van der Waals surface area contributed by atoms with Crippen LogP contribution in [0.3, 0.4) is 0 Å². The second-order valence-electron chi connectivity index (χ2n) is 3.51. The molecule has 0 radical (unpaired) electrons. The number of rotatable bonds is 5. The standard InChI is InChI=1S/C10H12FNO4S/c1-12(6-10(13)14)17(15,16)7-8-3-2-4-9(11)5-8/h2-5H,6-7H2,1H3,(H,13,14)/p-1. The lowest BCUT2D eigenvalue weighted by atomic mass is 10.2. The van der Waals surface area contributed by atoms with E-state index >= 15 is 0 Å². The summed E-state index contributed by atoms with van der Waals surface area (Å²) in [5.74, 6) is -2.48. The SMILES string of the molecule is CN(CC(=O)[O-])S(=O)(=O)Cc1cccc(F)c1. The van der Waals surface area contributed by atoms with Gasteiger partial charge < -0.3 is 9.90 Å².